The van der Waals surface area contributed by atoms with Crippen LogP contribution in [-0.4, -0.2) is 59.4 Å². The molecule has 2 fully saturated rings. The molecule has 2 aliphatic heterocycles. The Morgan fingerprint density at radius 2 is 2.20 bits per heavy atom. The van der Waals surface area contributed by atoms with Gasteiger partial charge < -0.3 is 15.5 Å². The zero-order valence-electron chi connectivity index (χ0n) is 12.0. The van der Waals surface area contributed by atoms with Crippen molar-refractivity contribution < 1.29 is 4.79 Å². The average molecular weight is 277 g/mol. The van der Waals surface area contributed by atoms with Crippen LogP contribution in [0.15, 0.2) is 12.3 Å². The third-order valence-corrected chi connectivity index (χ3v) is 4.23. The molecule has 1 amide bonds. The van der Waals surface area contributed by atoms with E-state index in [1.165, 1.54) is 6.42 Å². The molecule has 3 heterocycles. The summed E-state index contributed by atoms with van der Waals surface area (Å²) in [5.41, 5.74) is 0.573. The van der Waals surface area contributed by atoms with E-state index in [1.807, 2.05) is 21.8 Å². The number of aromatic nitrogens is 2. The van der Waals surface area contributed by atoms with Crippen molar-refractivity contribution in [3.05, 3.63) is 18.0 Å². The van der Waals surface area contributed by atoms with Gasteiger partial charge in [0.25, 0.3) is 5.91 Å². The van der Waals surface area contributed by atoms with Gasteiger partial charge in [0, 0.05) is 38.4 Å². The van der Waals surface area contributed by atoms with E-state index in [0.717, 1.165) is 39.1 Å². The number of amides is 1. The van der Waals surface area contributed by atoms with Gasteiger partial charge in [-0.05, 0) is 32.4 Å². The normalized spacial score (nSPS) is 27.6. The highest BCUT2D eigenvalue weighted by Crippen LogP contribution is 2.17. The summed E-state index contributed by atoms with van der Waals surface area (Å²) in [7, 11) is 0. The van der Waals surface area contributed by atoms with Crippen molar-refractivity contribution in [2.24, 2.45) is 0 Å². The topological polar surface area (TPSA) is 62.2 Å². The highest BCUT2D eigenvalue weighted by atomic mass is 16.2. The second kappa shape index (κ2) is 5.93. The van der Waals surface area contributed by atoms with Crippen molar-refractivity contribution in [3.63, 3.8) is 0 Å². The summed E-state index contributed by atoms with van der Waals surface area (Å²) in [6.45, 7) is 6.59. The van der Waals surface area contributed by atoms with Gasteiger partial charge in [0.2, 0.25) is 0 Å². The summed E-state index contributed by atoms with van der Waals surface area (Å²) < 4.78 is 1.95. The van der Waals surface area contributed by atoms with Crippen molar-refractivity contribution in [3.8, 4) is 0 Å². The van der Waals surface area contributed by atoms with E-state index in [1.54, 1.807) is 0 Å². The van der Waals surface area contributed by atoms with Crippen LogP contribution in [-0.2, 0) is 0 Å². The average Bonchev–Trinajstić information content (AvgIpc) is 2.98. The molecule has 0 aliphatic carbocycles. The summed E-state index contributed by atoms with van der Waals surface area (Å²) >= 11 is 0. The van der Waals surface area contributed by atoms with E-state index in [9.17, 15) is 4.79 Å². The fourth-order valence-electron chi connectivity index (χ4n) is 3.00. The first-order chi connectivity index (χ1) is 9.75. The Labute approximate surface area is 119 Å². The first kappa shape index (κ1) is 13.6. The minimum atomic E-state index is 0.0570. The number of carbonyl (C=O) groups excluding carboxylic acids is 1. The molecular weight excluding hydrogens is 254 g/mol. The van der Waals surface area contributed by atoms with Crippen LogP contribution in [0.25, 0.3) is 0 Å². The Morgan fingerprint density at radius 3 is 2.95 bits per heavy atom. The lowest BCUT2D eigenvalue weighted by Gasteiger charge is -2.33. The number of piperazine rings is 1. The van der Waals surface area contributed by atoms with Crippen LogP contribution in [0, 0.1) is 0 Å². The van der Waals surface area contributed by atoms with E-state index in [4.69, 9.17) is 0 Å². The standard InChI is InChI=1S/C14H23N5O/c1-11-9-16-6-8-18(11)14(20)13-4-7-19(17-13)12-3-2-5-15-10-12/h4,7,11-12,15-16H,2-3,5-6,8-10H2,1H3/t11-,12-/m1/s1. The van der Waals surface area contributed by atoms with Gasteiger partial charge >= 0.3 is 0 Å². The van der Waals surface area contributed by atoms with Crippen molar-refractivity contribution in [2.45, 2.75) is 31.8 Å². The minimum Gasteiger partial charge on any atom is -0.332 e. The van der Waals surface area contributed by atoms with Gasteiger partial charge in [0.05, 0.1) is 6.04 Å². The van der Waals surface area contributed by atoms with E-state index < -0.39 is 0 Å². The van der Waals surface area contributed by atoms with E-state index in [-0.39, 0.29) is 11.9 Å². The Bertz CT molecular complexity index is 466. The molecule has 3 rings (SSSR count). The highest BCUT2D eigenvalue weighted by Gasteiger charge is 2.26. The lowest BCUT2D eigenvalue weighted by Crippen LogP contribution is -2.52. The van der Waals surface area contributed by atoms with Crippen LogP contribution in [0.5, 0.6) is 0 Å². The van der Waals surface area contributed by atoms with Gasteiger partial charge in [-0.15, -0.1) is 0 Å². The van der Waals surface area contributed by atoms with Crippen molar-refractivity contribution >= 4 is 5.91 Å². The molecule has 6 nitrogen and oxygen atoms in total. The van der Waals surface area contributed by atoms with E-state index in [0.29, 0.717) is 11.7 Å². The molecule has 1 aromatic heterocycles. The molecule has 110 valence electrons. The van der Waals surface area contributed by atoms with Gasteiger partial charge in [-0.2, -0.15) is 5.10 Å². The molecule has 0 spiro atoms. The molecule has 0 radical (unpaired) electrons. The molecule has 20 heavy (non-hydrogen) atoms. The number of nitrogens with zero attached hydrogens (tertiary/aromatic N) is 3. The molecule has 0 aromatic carbocycles. The Morgan fingerprint density at radius 1 is 1.35 bits per heavy atom. The van der Waals surface area contributed by atoms with E-state index in [2.05, 4.69) is 22.7 Å². The van der Waals surface area contributed by atoms with Crippen LogP contribution < -0.4 is 10.6 Å². The maximum atomic E-state index is 12.5. The molecule has 0 saturated carbocycles. The maximum Gasteiger partial charge on any atom is 0.274 e. The quantitative estimate of drug-likeness (QED) is 0.813. The smallest absolute Gasteiger partial charge is 0.274 e. The molecule has 2 atom stereocenters. The van der Waals surface area contributed by atoms with Crippen molar-refractivity contribution in [1.29, 1.82) is 0 Å². The molecule has 2 N–H and O–H groups in total. The van der Waals surface area contributed by atoms with Crippen molar-refractivity contribution in [1.82, 2.24) is 25.3 Å². The van der Waals surface area contributed by atoms with Crippen molar-refractivity contribution in [2.75, 3.05) is 32.7 Å². The summed E-state index contributed by atoms with van der Waals surface area (Å²) in [5.74, 6) is 0.0570. The first-order valence-corrected chi connectivity index (χ1v) is 7.53. The van der Waals surface area contributed by atoms with Gasteiger partial charge in [-0.1, -0.05) is 0 Å². The van der Waals surface area contributed by atoms with Crippen LogP contribution in [0.1, 0.15) is 36.3 Å². The Hall–Kier alpha value is -1.40. The van der Waals surface area contributed by atoms with Crippen LogP contribution in [0.4, 0.5) is 0 Å². The number of rotatable bonds is 2. The number of nitrogens with one attached hydrogen (secondary N) is 2. The second-order valence-electron chi connectivity index (χ2n) is 5.73. The lowest BCUT2D eigenvalue weighted by molar-refractivity contribution is 0.0648. The van der Waals surface area contributed by atoms with E-state index >= 15 is 0 Å². The van der Waals surface area contributed by atoms with Crippen LogP contribution in [0.3, 0.4) is 0 Å². The fraction of sp³-hybridized carbons (Fsp3) is 0.714. The third kappa shape index (κ3) is 2.71. The summed E-state index contributed by atoms with van der Waals surface area (Å²) in [4.78, 5) is 14.4. The molecule has 1 aromatic rings. The predicted molar refractivity (Wildman–Crippen MR) is 76.7 cm³/mol. The SMILES string of the molecule is C[C@@H]1CNCCN1C(=O)c1ccn([C@@H]2CCCNC2)n1. The maximum absolute atomic E-state index is 12.5. The first-order valence-electron chi connectivity index (χ1n) is 7.53. The van der Waals surface area contributed by atoms with Gasteiger partial charge in [-0.3, -0.25) is 9.48 Å². The number of hydrogen-bond acceptors (Lipinski definition) is 4. The van der Waals surface area contributed by atoms with Gasteiger partial charge in [0.15, 0.2) is 0 Å². The second-order valence-corrected chi connectivity index (χ2v) is 5.73. The van der Waals surface area contributed by atoms with Gasteiger partial charge in [-0.25, -0.2) is 0 Å². The molecule has 6 heteroatoms. The predicted octanol–water partition coefficient (Wildman–Crippen LogP) is 0.242. The lowest BCUT2D eigenvalue weighted by atomic mass is 10.1. The molecule has 0 unspecified atom stereocenters. The highest BCUT2D eigenvalue weighted by molar-refractivity contribution is 5.92. The van der Waals surface area contributed by atoms with Crippen LogP contribution >= 0.6 is 0 Å². The zero-order valence-corrected chi connectivity index (χ0v) is 12.0. The number of hydrogen-bond donors (Lipinski definition) is 2. The third-order valence-electron chi connectivity index (χ3n) is 4.23. The number of carbonyl (C=O) groups is 1. The van der Waals surface area contributed by atoms with Gasteiger partial charge in [0.1, 0.15) is 5.69 Å². The minimum absolute atomic E-state index is 0.0570. The summed E-state index contributed by atoms with van der Waals surface area (Å²) in [5, 5.41) is 11.2. The number of piperidine rings is 1. The molecular formula is C14H23N5O. The molecule has 2 saturated heterocycles. The largest absolute Gasteiger partial charge is 0.332 e. The summed E-state index contributed by atoms with van der Waals surface area (Å²) in [6, 6.07) is 2.47. The molecule has 2 aliphatic rings. The Balaban J connectivity index is 1.70. The van der Waals surface area contributed by atoms with Crippen LogP contribution in [0.2, 0.25) is 0 Å². The monoisotopic (exact) mass is 277 g/mol. The zero-order chi connectivity index (χ0) is 13.9. The fourth-order valence-corrected chi connectivity index (χ4v) is 3.00. The Kier molecular flexibility index (Phi) is 4.03. The summed E-state index contributed by atoms with van der Waals surface area (Å²) in [6.07, 6.45) is 4.24. The molecule has 0 bridgehead atoms.